The standard InChI is InChI=1S/C9H19N/c1-5-8(3)9(4)7-10-6-2/h5,9-10H,6-7H2,1-4H3. The van der Waals surface area contributed by atoms with Crippen LogP contribution in [0, 0.1) is 5.92 Å². The van der Waals surface area contributed by atoms with Crippen LogP contribution < -0.4 is 5.32 Å². The average molecular weight is 141 g/mol. The van der Waals surface area contributed by atoms with Gasteiger partial charge >= 0.3 is 0 Å². The van der Waals surface area contributed by atoms with Crippen molar-refractivity contribution < 1.29 is 0 Å². The lowest BCUT2D eigenvalue weighted by Crippen LogP contribution is -2.21. The van der Waals surface area contributed by atoms with Crippen molar-refractivity contribution >= 4 is 0 Å². The summed E-state index contributed by atoms with van der Waals surface area (Å²) in [7, 11) is 0. The summed E-state index contributed by atoms with van der Waals surface area (Å²) in [5.41, 5.74) is 1.47. The zero-order chi connectivity index (χ0) is 7.98. The summed E-state index contributed by atoms with van der Waals surface area (Å²) in [5.74, 6) is 0.685. The van der Waals surface area contributed by atoms with Gasteiger partial charge in [0.15, 0.2) is 0 Å². The number of rotatable bonds is 4. The molecule has 0 bridgehead atoms. The first-order chi connectivity index (χ1) is 4.72. The Hall–Kier alpha value is -0.300. The van der Waals surface area contributed by atoms with Crippen molar-refractivity contribution in [3.05, 3.63) is 11.6 Å². The summed E-state index contributed by atoms with van der Waals surface area (Å²) in [5, 5.41) is 3.32. The molecule has 0 aliphatic heterocycles. The minimum absolute atomic E-state index is 0.685. The number of hydrogen-bond acceptors (Lipinski definition) is 1. The summed E-state index contributed by atoms with van der Waals surface area (Å²) in [6.45, 7) is 10.8. The van der Waals surface area contributed by atoms with Gasteiger partial charge in [0, 0.05) is 6.54 Å². The van der Waals surface area contributed by atoms with Crippen LogP contribution in [-0.4, -0.2) is 13.1 Å². The van der Waals surface area contributed by atoms with Crippen LogP contribution in [0.25, 0.3) is 0 Å². The number of allylic oxidation sites excluding steroid dienone is 1. The molecular formula is C9H19N. The van der Waals surface area contributed by atoms with E-state index in [0.717, 1.165) is 13.1 Å². The van der Waals surface area contributed by atoms with Gasteiger partial charge in [-0.1, -0.05) is 25.5 Å². The molecule has 0 aliphatic carbocycles. The van der Waals surface area contributed by atoms with Gasteiger partial charge < -0.3 is 5.32 Å². The van der Waals surface area contributed by atoms with Gasteiger partial charge in [0.05, 0.1) is 0 Å². The SMILES string of the molecule is CC=C(C)C(C)CNCC. The topological polar surface area (TPSA) is 12.0 Å². The van der Waals surface area contributed by atoms with Gasteiger partial charge in [-0.05, 0) is 26.3 Å². The monoisotopic (exact) mass is 141 g/mol. The molecule has 0 saturated carbocycles. The van der Waals surface area contributed by atoms with Crippen LogP contribution in [0.5, 0.6) is 0 Å². The lowest BCUT2D eigenvalue weighted by Gasteiger charge is -2.11. The fourth-order valence-corrected chi connectivity index (χ4v) is 0.806. The van der Waals surface area contributed by atoms with Crippen LogP contribution >= 0.6 is 0 Å². The smallest absolute Gasteiger partial charge is 0.00140 e. The van der Waals surface area contributed by atoms with Crippen molar-refractivity contribution in [1.82, 2.24) is 5.32 Å². The third-order valence-electron chi connectivity index (χ3n) is 1.93. The second-order valence-electron chi connectivity index (χ2n) is 2.74. The Bertz CT molecular complexity index is 105. The van der Waals surface area contributed by atoms with Crippen molar-refractivity contribution in [1.29, 1.82) is 0 Å². The Labute approximate surface area is 64.5 Å². The van der Waals surface area contributed by atoms with E-state index in [2.05, 4.69) is 39.1 Å². The summed E-state index contributed by atoms with van der Waals surface area (Å²) in [6, 6.07) is 0. The largest absolute Gasteiger partial charge is 0.316 e. The Morgan fingerprint density at radius 3 is 2.60 bits per heavy atom. The molecule has 0 heterocycles. The van der Waals surface area contributed by atoms with Gasteiger partial charge in [0.1, 0.15) is 0 Å². The first-order valence-corrected chi connectivity index (χ1v) is 4.05. The van der Waals surface area contributed by atoms with Crippen molar-refractivity contribution in [2.45, 2.75) is 27.7 Å². The van der Waals surface area contributed by atoms with E-state index in [1.54, 1.807) is 0 Å². The fourth-order valence-electron chi connectivity index (χ4n) is 0.806. The lowest BCUT2D eigenvalue weighted by atomic mass is 10.0. The predicted octanol–water partition coefficient (Wildman–Crippen LogP) is 2.20. The van der Waals surface area contributed by atoms with E-state index in [4.69, 9.17) is 0 Å². The van der Waals surface area contributed by atoms with E-state index in [1.807, 2.05) is 0 Å². The van der Waals surface area contributed by atoms with Gasteiger partial charge in [0.2, 0.25) is 0 Å². The molecule has 1 unspecified atom stereocenters. The summed E-state index contributed by atoms with van der Waals surface area (Å²) >= 11 is 0. The Morgan fingerprint density at radius 1 is 1.60 bits per heavy atom. The molecule has 1 heteroatoms. The van der Waals surface area contributed by atoms with Crippen molar-refractivity contribution in [2.24, 2.45) is 5.92 Å². The highest BCUT2D eigenvalue weighted by molar-refractivity contribution is 5.00. The highest BCUT2D eigenvalue weighted by Gasteiger charge is 2.00. The van der Waals surface area contributed by atoms with E-state index < -0.39 is 0 Å². The highest BCUT2D eigenvalue weighted by Crippen LogP contribution is 2.06. The van der Waals surface area contributed by atoms with Crippen LogP contribution in [0.15, 0.2) is 11.6 Å². The molecule has 0 aromatic rings. The molecule has 1 nitrogen and oxygen atoms in total. The maximum Gasteiger partial charge on any atom is 0.00140 e. The lowest BCUT2D eigenvalue weighted by molar-refractivity contribution is 0.586. The third-order valence-corrected chi connectivity index (χ3v) is 1.93. The van der Waals surface area contributed by atoms with E-state index >= 15 is 0 Å². The number of hydrogen-bond donors (Lipinski definition) is 1. The minimum Gasteiger partial charge on any atom is -0.316 e. The minimum atomic E-state index is 0.685. The molecule has 0 saturated heterocycles. The van der Waals surface area contributed by atoms with Gasteiger partial charge in [-0.25, -0.2) is 0 Å². The maximum absolute atomic E-state index is 3.32. The third kappa shape index (κ3) is 3.67. The normalized spacial score (nSPS) is 15.4. The molecule has 0 spiro atoms. The van der Waals surface area contributed by atoms with E-state index in [1.165, 1.54) is 5.57 Å². The second-order valence-corrected chi connectivity index (χ2v) is 2.74. The molecule has 1 N–H and O–H groups in total. The van der Waals surface area contributed by atoms with E-state index in [0.29, 0.717) is 5.92 Å². The maximum atomic E-state index is 3.32. The zero-order valence-electron chi connectivity index (χ0n) is 7.57. The zero-order valence-corrected chi connectivity index (χ0v) is 7.57. The molecule has 10 heavy (non-hydrogen) atoms. The van der Waals surface area contributed by atoms with Crippen molar-refractivity contribution in [3.8, 4) is 0 Å². The molecule has 1 atom stereocenters. The molecular weight excluding hydrogens is 122 g/mol. The molecule has 0 aromatic carbocycles. The first-order valence-electron chi connectivity index (χ1n) is 4.05. The van der Waals surface area contributed by atoms with Crippen LogP contribution in [0.1, 0.15) is 27.7 Å². The molecule has 0 rings (SSSR count). The second kappa shape index (κ2) is 5.48. The van der Waals surface area contributed by atoms with E-state index in [-0.39, 0.29) is 0 Å². The van der Waals surface area contributed by atoms with Crippen LogP contribution in [0.3, 0.4) is 0 Å². The molecule has 0 aliphatic rings. The average Bonchev–Trinajstić information content (AvgIpc) is 1.98. The predicted molar refractivity (Wildman–Crippen MR) is 47.1 cm³/mol. The number of nitrogens with one attached hydrogen (secondary N) is 1. The molecule has 0 aromatic heterocycles. The Morgan fingerprint density at radius 2 is 2.20 bits per heavy atom. The van der Waals surface area contributed by atoms with Gasteiger partial charge in [-0.2, -0.15) is 0 Å². The molecule has 60 valence electrons. The Kier molecular flexibility index (Phi) is 5.32. The van der Waals surface area contributed by atoms with Crippen LogP contribution in [0.4, 0.5) is 0 Å². The first kappa shape index (κ1) is 9.70. The van der Waals surface area contributed by atoms with Crippen molar-refractivity contribution in [2.75, 3.05) is 13.1 Å². The summed E-state index contributed by atoms with van der Waals surface area (Å²) in [6.07, 6.45) is 2.18. The summed E-state index contributed by atoms with van der Waals surface area (Å²) in [4.78, 5) is 0. The van der Waals surface area contributed by atoms with Gasteiger partial charge in [0.25, 0.3) is 0 Å². The van der Waals surface area contributed by atoms with Gasteiger partial charge in [-0.15, -0.1) is 0 Å². The van der Waals surface area contributed by atoms with Crippen molar-refractivity contribution in [3.63, 3.8) is 0 Å². The molecule has 0 fully saturated rings. The van der Waals surface area contributed by atoms with Gasteiger partial charge in [-0.3, -0.25) is 0 Å². The molecule has 0 radical (unpaired) electrons. The van der Waals surface area contributed by atoms with Crippen LogP contribution in [-0.2, 0) is 0 Å². The summed E-state index contributed by atoms with van der Waals surface area (Å²) < 4.78 is 0. The molecule has 0 amide bonds. The highest BCUT2D eigenvalue weighted by atomic mass is 14.8. The fraction of sp³-hybridized carbons (Fsp3) is 0.778. The quantitative estimate of drug-likeness (QED) is 0.592. The van der Waals surface area contributed by atoms with Crippen LogP contribution in [0.2, 0.25) is 0 Å². The van der Waals surface area contributed by atoms with E-state index in [9.17, 15) is 0 Å². The Balaban J connectivity index is 3.51.